The van der Waals surface area contributed by atoms with E-state index in [-0.39, 0.29) is 18.5 Å². The van der Waals surface area contributed by atoms with Crippen LogP contribution >= 0.6 is 0 Å². The fourth-order valence-electron chi connectivity index (χ4n) is 3.64. The van der Waals surface area contributed by atoms with Crippen LogP contribution in [0, 0.1) is 6.92 Å². The molecule has 28 heavy (non-hydrogen) atoms. The largest absolute Gasteiger partial charge is 0.344 e. The zero-order chi connectivity index (χ0) is 19.8. The number of hydrogen-bond donors (Lipinski definition) is 1. The van der Waals surface area contributed by atoms with E-state index in [2.05, 4.69) is 29.8 Å². The molecular weight excluding hydrogens is 350 g/mol. The first-order chi connectivity index (χ1) is 13.4. The van der Waals surface area contributed by atoms with Gasteiger partial charge in [0.15, 0.2) is 0 Å². The van der Waals surface area contributed by atoms with Crippen molar-refractivity contribution < 1.29 is 9.59 Å². The van der Waals surface area contributed by atoms with Crippen LogP contribution in [0.3, 0.4) is 0 Å². The summed E-state index contributed by atoms with van der Waals surface area (Å²) in [5.41, 5.74) is 4.37. The Hall–Kier alpha value is -3.34. The van der Waals surface area contributed by atoms with Gasteiger partial charge < -0.3 is 9.88 Å². The van der Waals surface area contributed by atoms with Crippen LogP contribution in [0.25, 0.3) is 17.0 Å². The molecule has 2 heterocycles. The van der Waals surface area contributed by atoms with Crippen molar-refractivity contribution >= 4 is 28.9 Å². The molecule has 5 heteroatoms. The van der Waals surface area contributed by atoms with E-state index in [4.69, 9.17) is 0 Å². The predicted octanol–water partition coefficient (Wildman–Crippen LogP) is 4.62. The SMILES string of the molecule is Cc1cccc(CN2C(=O)N/C(=C/c3cn(C(C)C)c4ccccc34)C2=O)c1. The Balaban J connectivity index is 1.67. The van der Waals surface area contributed by atoms with Gasteiger partial charge in [-0.1, -0.05) is 48.0 Å². The zero-order valence-electron chi connectivity index (χ0n) is 16.3. The third-order valence-corrected chi connectivity index (χ3v) is 5.01. The summed E-state index contributed by atoms with van der Waals surface area (Å²) < 4.78 is 2.17. The number of nitrogens with one attached hydrogen (secondary N) is 1. The first-order valence-electron chi connectivity index (χ1n) is 9.43. The molecule has 1 saturated heterocycles. The van der Waals surface area contributed by atoms with Crippen LogP contribution in [-0.4, -0.2) is 21.4 Å². The second kappa shape index (κ2) is 7.00. The minimum absolute atomic E-state index is 0.261. The van der Waals surface area contributed by atoms with Crippen LogP contribution in [0.15, 0.2) is 60.4 Å². The number of imide groups is 1. The smallest absolute Gasteiger partial charge is 0.329 e. The van der Waals surface area contributed by atoms with E-state index in [1.54, 1.807) is 6.08 Å². The molecule has 0 spiro atoms. The summed E-state index contributed by atoms with van der Waals surface area (Å²) in [6.45, 7) is 6.49. The van der Waals surface area contributed by atoms with Gasteiger partial charge in [0.1, 0.15) is 5.70 Å². The molecule has 0 saturated carbocycles. The Kier molecular flexibility index (Phi) is 4.51. The number of para-hydroxylation sites is 1. The number of hydrogen-bond acceptors (Lipinski definition) is 2. The number of carbonyl (C=O) groups excluding carboxylic acids is 2. The molecule has 3 amide bonds. The number of carbonyl (C=O) groups is 2. The van der Waals surface area contributed by atoms with Gasteiger partial charge in [-0.15, -0.1) is 0 Å². The Morgan fingerprint density at radius 1 is 1.07 bits per heavy atom. The minimum Gasteiger partial charge on any atom is -0.344 e. The maximum Gasteiger partial charge on any atom is 0.329 e. The van der Waals surface area contributed by atoms with Crippen molar-refractivity contribution in [3.63, 3.8) is 0 Å². The van der Waals surface area contributed by atoms with Gasteiger partial charge >= 0.3 is 6.03 Å². The van der Waals surface area contributed by atoms with E-state index in [0.29, 0.717) is 11.7 Å². The number of aryl methyl sites for hydroxylation is 1. The summed E-state index contributed by atoms with van der Waals surface area (Å²) in [6, 6.07) is 15.8. The van der Waals surface area contributed by atoms with Gasteiger partial charge in [0.25, 0.3) is 5.91 Å². The lowest BCUT2D eigenvalue weighted by Crippen LogP contribution is -2.30. The average molecular weight is 373 g/mol. The lowest BCUT2D eigenvalue weighted by Gasteiger charge is -2.12. The quantitative estimate of drug-likeness (QED) is 0.536. The Morgan fingerprint density at radius 2 is 1.86 bits per heavy atom. The first-order valence-corrected chi connectivity index (χ1v) is 9.43. The lowest BCUT2D eigenvalue weighted by atomic mass is 10.1. The molecule has 1 N–H and O–H groups in total. The molecule has 0 radical (unpaired) electrons. The van der Waals surface area contributed by atoms with Gasteiger partial charge in [0.2, 0.25) is 0 Å². The summed E-state index contributed by atoms with van der Waals surface area (Å²) in [5.74, 6) is -0.298. The first kappa shape index (κ1) is 18.0. The third-order valence-electron chi connectivity index (χ3n) is 5.01. The molecule has 0 bridgehead atoms. The van der Waals surface area contributed by atoms with E-state index in [1.165, 1.54) is 4.90 Å². The summed E-state index contributed by atoms with van der Waals surface area (Å²) in [5, 5.41) is 3.79. The highest BCUT2D eigenvalue weighted by Crippen LogP contribution is 2.27. The third kappa shape index (κ3) is 3.20. The maximum absolute atomic E-state index is 12.9. The second-order valence-electron chi connectivity index (χ2n) is 7.47. The molecule has 1 fully saturated rings. The van der Waals surface area contributed by atoms with Crippen LogP contribution in [0.1, 0.15) is 36.6 Å². The van der Waals surface area contributed by atoms with Crippen LogP contribution in [0.4, 0.5) is 4.79 Å². The van der Waals surface area contributed by atoms with Crippen LogP contribution in [0.5, 0.6) is 0 Å². The second-order valence-corrected chi connectivity index (χ2v) is 7.47. The molecule has 1 aliphatic rings. The highest BCUT2D eigenvalue weighted by Gasteiger charge is 2.33. The molecule has 2 aromatic carbocycles. The van der Waals surface area contributed by atoms with E-state index in [1.807, 2.05) is 55.6 Å². The average Bonchev–Trinajstić information content (AvgIpc) is 3.15. The topological polar surface area (TPSA) is 54.3 Å². The van der Waals surface area contributed by atoms with Crippen molar-refractivity contribution in [2.24, 2.45) is 0 Å². The molecule has 1 aromatic heterocycles. The highest BCUT2D eigenvalue weighted by molar-refractivity contribution is 6.14. The van der Waals surface area contributed by atoms with E-state index in [9.17, 15) is 9.59 Å². The van der Waals surface area contributed by atoms with E-state index in [0.717, 1.165) is 27.6 Å². The maximum atomic E-state index is 12.9. The van der Waals surface area contributed by atoms with Gasteiger partial charge in [-0.2, -0.15) is 0 Å². The molecule has 5 nitrogen and oxygen atoms in total. The molecule has 1 aliphatic heterocycles. The predicted molar refractivity (Wildman–Crippen MR) is 111 cm³/mol. The standard InChI is InChI=1S/C23H23N3O2/c1-15(2)25-14-18(19-9-4-5-10-21(19)25)12-20-22(27)26(23(28)24-20)13-17-8-6-7-16(3)11-17/h4-12,14-15H,13H2,1-3H3,(H,24,28)/b20-12+. The molecular formula is C23H23N3O2. The molecule has 4 rings (SSSR count). The number of rotatable bonds is 4. The number of amides is 3. The van der Waals surface area contributed by atoms with Gasteiger partial charge in [-0.3, -0.25) is 9.69 Å². The number of fused-ring (bicyclic) bond motifs is 1. The summed E-state index contributed by atoms with van der Waals surface area (Å²) in [7, 11) is 0. The number of urea groups is 1. The number of benzene rings is 2. The van der Waals surface area contributed by atoms with Crippen molar-refractivity contribution in [2.75, 3.05) is 0 Å². The van der Waals surface area contributed by atoms with Gasteiger partial charge in [0, 0.05) is 28.7 Å². The van der Waals surface area contributed by atoms with Gasteiger partial charge in [-0.05, 0) is 38.5 Å². The van der Waals surface area contributed by atoms with Crippen molar-refractivity contribution in [1.29, 1.82) is 0 Å². The normalized spacial score (nSPS) is 15.9. The summed E-state index contributed by atoms with van der Waals surface area (Å²) >= 11 is 0. The van der Waals surface area contributed by atoms with Crippen LogP contribution in [0.2, 0.25) is 0 Å². The fourth-order valence-corrected chi connectivity index (χ4v) is 3.64. The van der Waals surface area contributed by atoms with Crippen molar-refractivity contribution in [3.8, 4) is 0 Å². The minimum atomic E-state index is -0.384. The Labute approximate surface area is 164 Å². The van der Waals surface area contributed by atoms with Gasteiger partial charge in [0.05, 0.1) is 6.54 Å². The van der Waals surface area contributed by atoms with Crippen molar-refractivity contribution in [2.45, 2.75) is 33.4 Å². The lowest BCUT2D eigenvalue weighted by molar-refractivity contribution is -0.123. The van der Waals surface area contributed by atoms with Crippen LogP contribution < -0.4 is 5.32 Å². The molecule has 0 aliphatic carbocycles. The molecule has 142 valence electrons. The fraction of sp³-hybridized carbons (Fsp3) is 0.217. The summed E-state index contributed by atoms with van der Waals surface area (Å²) in [6.07, 6.45) is 3.81. The Bertz CT molecular complexity index is 1110. The van der Waals surface area contributed by atoms with E-state index < -0.39 is 0 Å². The van der Waals surface area contributed by atoms with E-state index >= 15 is 0 Å². The molecule has 3 aromatic rings. The highest BCUT2D eigenvalue weighted by atomic mass is 16.2. The van der Waals surface area contributed by atoms with Crippen LogP contribution in [-0.2, 0) is 11.3 Å². The molecule has 0 atom stereocenters. The summed E-state index contributed by atoms with van der Waals surface area (Å²) in [4.78, 5) is 26.5. The Morgan fingerprint density at radius 3 is 2.61 bits per heavy atom. The van der Waals surface area contributed by atoms with Crippen molar-refractivity contribution in [1.82, 2.24) is 14.8 Å². The zero-order valence-corrected chi connectivity index (χ0v) is 16.3. The number of aromatic nitrogens is 1. The van der Waals surface area contributed by atoms with Crippen molar-refractivity contribution in [3.05, 3.63) is 77.1 Å². The molecule has 0 unspecified atom stereocenters. The monoisotopic (exact) mass is 373 g/mol. The van der Waals surface area contributed by atoms with Gasteiger partial charge in [-0.25, -0.2) is 4.79 Å². The number of nitrogens with zero attached hydrogens (tertiary/aromatic N) is 2.